The molecule has 0 aliphatic carbocycles. The number of hydrogen-bond donors (Lipinski definition) is 4. The van der Waals surface area contributed by atoms with Crippen LogP contribution in [0.1, 0.15) is 17.2 Å². The van der Waals surface area contributed by atoms with Crippen LogP contribution in [0.4, 0.5) is 0 Å². The first kappa shape index (κ1) is 13.8. The van der Waals surface area contributed by atoms with Crippen LogP contribution in [0.25, 0.3) is 6.08 Å². The molecule has 0 bridgehead atoms. The van der Waals surface area contributed by atoms with Gasteiger partial charge in [0.05, 0.1) is 6.10 Å². The van der Waals surface area contributed by atoms with E-state index < -0.39 is 18.2 Å². The van der Waals surface area contributed by atoms with Crippen molar-refractivity contribution < 1.29 is 20.1 Å². The van der Waals surface area contributed by atoms with Crippen LogP contribution in [-0.4, -0.2) is 33.1 Å². The Morgan fingerprint density at radius 2 is 2.00 bits per heavy atom. The highest BCUT2D eigenvalue weighted by molar-refractivity contribution is 7.80. The second kappa shape index (κ2) is 6.44. The molecule has 5 heteroatoms. The fourth-order valence-corrected chi connectivity index (χ4v) is 1.60. The average molecular weight is 254 g/mol. The van der Waals surface area contributed by atoms with Crippen molar-refractivity contribution in [2.75, 3.05) is 5.75 Å². The summed E-state index contributed by atoms with van der Waals surface area (Å²) in [5.74, 6) is -0.943. The zero-order valence-corrected chi connectivity index (χ0v) is 9.92. The molecule has 0 spiro atoms. The molecule has 0 amide bonds. The summed E-state index contributed by atoms with van der Waals surface area (Å²) in [6.07, 6.45) is 0.296. The summed E-state index contributed by atoms with van der Waals surface area (Å²) in [7, 11) is 0. The Labute approximate surface area is 105 Å². The number of rotatable bonds is 5. The third-order valence-corrected chi connectivity index (χ3v) is 2.65. The maximum absolute atomic E-state index is 10.4. The van der Waals surface area contributed by atoms with Crippen LogP contribution < -0.4 is 0 Å². The number of hydrogen-bond acceptors (Lipinski definition) is 4. The molecule has 2 atom stereocenters. The zero-order valence-electron chi connectivity index (χ0n) is 9.02. The minimum atomic E-state index is -1.08. The van der Waals surface area contributed by atoms with Crippen molar-refractivity contribution in [1.82, 2.24) is 0 Å². The van der Waals surface area contributed by atoms with Gasteiger partial charge in [-0.1, -0.05) is 24.3 Å². The zero-order chi connectivity index (χ0) is 12.8. The predicted octanol–water partition coefficient (Wildman–Crippen LogP) is 1.11. The van der Waals surface area contributed by atoms with Crippen LogP contribution in [0.15, 0.2) is 30.3 Å². The van der Waals surface area contributed by atoms with E-state index in [4.69, 9.17) is 5.11 Å². The first-order valence-corrected chi connectivity index (χ1v) is 5.66. The minimum Gasteiger partial charge on any atom is -0.478 e. The molecule has 4 nitrogen and oxygen atoms in total. The van der Waals surface area contributed by atoms with Crippen molar-refractivity contribution in [2.45, 2.75) is 12.2 Å². The van der Waals surface area contributed by atoms with E-state index in [2.05, 4.69) is 12.6 Å². The maximum Gasteiger partial charge on any atom is 0.328 e. The standard InChI is InChI=1S/C12H14O4S/c13-10(7-17)12(16)9-4-2-1-3-8(9)5-6-11(14)15/h1-6,10,12-13,16-17H,7H2,(H,14,15)/b6-5+. The largest absolute Gasteiger partial charge is 0.478 e. The lowest BCUT2D eigenvalue weighted by molar-refractivity contribution is -0.131. The van der Waals surface area contributed by atoms with Crippen molar-refractivity contribution in [3.05, 3.63) is 41.5 Å². The molecular weight excluding hydrogens is 240 g/mol. The topological polar surface area (TPSA) is 77.8 Å². The van der Waals surface area contributed by atoms with E-state index in [1.165, 1.54) is 6.08 Å². The lowest BCUT2D eigenvalue weighted by Gasteiger charge is -2.18. The highest BCUT2D eigenvalue weighted by Crippen LogP contribution is 2.22. The number of thiol groups is 1. The Bertz CT molecular complexity index is 417. The van der Waals surface area contributed by atoms with Crippen molar-refractivity contribution in [2.24, 2.45) is 0 Å². The van der Waals surface area contributed by atoms with Crippen LogP contribution in [0.2, 0.25) is 0 Å². The van der Waals surface area contributed by atoms with E-state index in [0.717, 1.165) is 6.08 Å². The van der Waals surface area contributed by atoms with E-state index in [-0.39, 0.29) is 5.75 Å². The van der Waals surface area contributed by atoms with Gasteiger partial charge in [-0.25, -0.2) is 4.79 Å². The first-order chi connectivity index (χ1) is 8.06. The first-order valence-electron chi connectivity index (χ1n) is 5.03. The molecule has 0 aromatic heterocycles. The molecule has 1 rings (SSSR count). The monoisotopic (exact) mass is 254 g/mol. The summed E-state index contributed by atoms with van der Waals surface area (Å²) in [6, 6.07) is 6.74. The van der Waals surface area contributed by atoms with Gasteiger partial charge in [0.15, 0.2) is 0 Å². The van der Waals surface area contributed by atoms with E-state index in [1.54, 1.807) is 24.3 Å². The van der Waals surface area contributed by atoms with Gasteiger partial charge in [-0.05, 0) is 17.2 Å². The van der Waals surface area contributed by atoms with Gasteiger partial charge >= 0.3 is 5.97 Å². The Morgan fingerprint density at radius 3 is 2.59 bits per heavy atom. The van der Waals surface area contributed by atoms with Gasteiger partial charge in [0.1, 0.15) is 6.10 Å². The molecule has 0 radical (unpaired) electrons. The Kier molecular flexibility index (Phi) is 5.21. The fourth-order valence-electron chi connectivity index (χ4n) is 1.40. The predicted molar refractivity (Wildman–Crippen MR) is 67.9 cm³/mol. The second-order valence-electron chi connectivity index (χ2n) is 3.50. The summed E-state index contributed by atoms with van der Waals surface area (Å²) in [4.78, 5) is 10.4. The number of carbonyl (C=O) groups is 1. The second-order valence-corrected chi connectivity index (χ2v) is 3.86. The van der Waals surface area contributed by atoms with E-state index in [0.29, 0.717) is 11.1 Å². The quantitative estimate of drug-likeness (QED) is 0.469. The molecular formula is C12H14O4S. The summed E-state index contributed by atoms with van der Waals surface area (Å²) < 4.78 is 0. The van der Waals surface area contributed by atoms with Gasteiger partial charge in [0.2, 0.25) is 0 Å². The Hall–Kier alpha value is -1.30. The Balaban J connectivity index is 3.03. The van der Waals surface area contributed by atoms with Crippen LogP contribution in [0.3, 0.4) is 0 Å². The van der Waals surface area contributed by atoms with Crippen molar-refractivity contribution >= 4 is 24.7 Å². The molecule has 92 valence electrons. The van der Waals surface area contributed by atoms with Gasteiger partial charge in [0.25, 0.3) is 0 Å². The Morgan fingerprint density at radius 1 is 1.35 bits per heavy atom. The minimum absolute atomic E-state index is 0.123. The molecule has 0 fully saturated rings. The smallest absolute Gasteiger partial charge is 0.328 e. The van der Waals surface area contributed by atoms with Crippen molar-refractivity contribution in [1.29, 1.82) is 0 Å². The molecule has 0 heterocycles. The maximum atomic E-state index is 10.4. The van der Waals surface area contributed by atoms with Crippen LogP contribution in [-0.2, 0) is 4.79 Å². The molecule has 17 heavy (non-hydrogen) atoms. The number of carboxylic acid groups (broad SMARTS) is 1. The van der Waals surface area contributed by atoms with Gasteiger partial charge in [0, 0.05) is 11.8 Å². The molecule has 0 aliphatic heterocycles. The van der Waals surface area contributed by atoms with Gasteiger partial charge in [-0.3, -0.25) is 0 Å². The normalized spacial score (nSPS) is 14.8. The molecule has 1 aromatic carbocycles. The molecule has 3 N–H and O–H groups in total. The van der Waals surface area contributed by atoms with Crippen LogP contribution in [0.5, 0.6) is 0 Å². The fraction of sp³-hybridized carbons (Fsp3) is 0.250. The summed E-state index contributed by atoms with van der Waals surface area (Å²) in [6.45, 7) is 0. The lowest BCUT2D eigenvalue weighted by atomic mass is 9.99. The third kappa shape index (κ3) is 3.89. The van der Waals surface area contributed by atoms with Crippen molar-refractivity contribution in [3.63, 3.8) is 0 Å². The number of aliphatic hydroxyl groups excluding tert-OH is 2. The number of aliphatic carboxylic acids is 1. The van der Waals surface area contributed by atoms with Gasteiger partial charge in [-0.2, -0.15) is 12.6 Å². The van der Waals surface area contributed by atoms with Gasteiger partial charge in [-0.15, -0.1) is 0 Å². The van der Waals surface area contributed by atoms with Crippen LogP contribution >= 0.6 is 12.6 Å². The molecule has 1 aromatic rings. The SMILES string of the molecule is O=C(O)/C=C/c1ccccc1C(O)C(O)CS. The lowest BCUT2D eigenvalue weighted by Crippen LogP contribution is -2.20. The molecule has 2 unspecified atom stereocenters. The summed E-state index contributed by atoms with van der Waals surface area (Å²) in [5.41, 5.74) is 1.04. The molecule has 0 saturated carbocycles. The third-order valence-electron chi connectivity index (χ3n) is 2.27. The van der Waals surface area contributed by atoms with E-state index >= 15 is 0 Å². The van der Waals surface area contributed by atoms with Crippen molar-refractivity contribution in [3.8, 4) is 0 Å². The molecule has 0 aliphatic rings. The van der Waals surface area contributed by atoms with E-state index in [1.807, 2.05) is 0 Å². The summed E-state index contributed by atoms with van der Waals surface area (Å²) in [5, 5.41) is 27.9. The highest BCUT2D eigenvalue weighted by Gasteiger charge is 2.18. The average Bonchev–Trinajstić information content (AvgIpc) is 2.34. The van der Waals surface area contributed by atoms with Crippen LogP contribution in [0, 0.1) is 0 Å². The summed E-state index contributed by atoms with van der Waals surface area (Å²) >= 11 is 3.90. The highest BCUT2D eigenvalue weighted by atomic mass is 32.1. The van der Waals surface area contributed by atoms with Gasteiger partial charge < -0.3 is 15.3 Å². The number of benzene rings is 1. The molecule has 0 saturated heterocycles. The number of carboxylic acids is 1. The van der Waals surface area contributed by atoms with E-state index in [9.17, 15) is 15.0 Å². The number of aliphatic hydroxyl groups is 2.